The molecule has 6 heteroatoms. The van der Waals surface area contributed by atoms with E-state index in [-0.39, 0.29) is 0 Å². The van der Waals surface area contributed by atoms with E-state index in [9.17, 15) is 9.59 Å². The van der Waals surface area contributed by atoms with Gasteiger partial charge in [0, 0.05) is 6.54 Å². The summed E-state index contributed by atoms with van der Waals surface area (Å²) in [5.74, 6) is 0. The molecule has 0 unspecified atom stereocenters. The Hall–Kier alpha value is -2.86. The van der Waals surface area contributed by atoms with Gasteiger partial charge in [0.2, 0.25) is 0 Å². The van der Waals surface area contributed by atoms with Gasteiger partial charge in [0.25, 0.3) is 0 Å². The summed E-state index contributed by atoms with van der Waals surface area (Å²) in [6.07, 6.45) is 1.78. The number of amides is 3. The SMILES string of the molecule is COC(=O)NC(=O)N1c2ccccc2CCc2ccc(CCN(C)C)cc21. The number of methoxy groups -OCH3 is 1. The molecule has 142 valence electrons. The van der Waals surface area contributed by atoms with Crippen molar-refractivity contribution in [1.29, 1.82) is 0 Å². The minimum Gasteiger partial charge on any atom is -0.453 e. The molecule has 0 bridgehead atoms. The van der Waals surface area contributed by atoms with E-state index < -0.39 is 12.1 Å². The molecule has 0 atom stereocenters. The number of likely N-dealkylation sites (N-methyl/N-ethyl adjacent to an activating group) is 1. The van der Waals surface area contributed by atoms with Gasteiger partial charge in [-0.15, -0.1) is 0 Å². The third-order valence-electron chi connectivity index (χ3n) is 4.73. The molecular weight excluding hydrogens is 342 g/mol. The molecule has 0 aliphatic carbocycles. The predicted molar refractivity (Wildman–Crippen MR) is 106 cm³/mol. The first-order valence-corrected chi connectivity index (χ1v) is 9.03. The Kier molecular flexibility index (Phi) is 5.76. The number of anilines is 2. The molecule has 2 aromatic carbocycles. The fourth-order valence-corrected chi connectivity index (χ4v) is 3.29. The lowest BCUT2D eigenvalue weighted by atomic mass is 10.0. The van der Waals surface area contributed by atoms with Crippen LogP contribution in [0, 0.1) is 0 Å². The van der Waals surface area contributed by atoms with Crippen LogP contribution in [-0.2, 0) is 24.0 Å². The van der Waals surface area contributed by atoms with E-state index in [2.05, 4.69) is 33.2 Å². The Balaban J connectivity index is 2.04. The Bertz CT molecular complexity index is 848. The van der Waals surface area contributed by atoms with E-state index in [0.29, 0.717) is 0 Å². The molecular formula is C21H25N3O3. The van der Waals surface area contributed by atoms with Crippen LogP contribution in [0.3, 0.4) is 0 Å². The van der Waals surface area contributed by atoms with Crippen molar-refractivity contribution in [3.8, 4) is 0 Å². The molecule has 3 amide bonds. The molecule has 0 saturated heterocycles. The van der Waals surface area contributed by atoms with E-state index in [1.54, 1.807) is 4.90 Å². The number of imide groups is 1. The normalized spacial score (nSPS) is 12.8. The lowest BCUT2D eigenvalue weighted by molar-refractivity contribution is 0.171. The second kappa shape index (κ2) is 8.22. The van der Waals surface area contributed by atoms with Crippen molar-refractivity contribution >= 4 is 23.5 Å². The number of ether oxygens (including phenoxy) is 1. The number of rotatable bonds is 3. The van der Waals surface area contributed by atoms with Crippen LogP contribution in [0.15, 0.2) is 42.5 Å². The summed E-state index contributed by atoms with van der Waals surface area (Å²) in [6, 6.07) is 13.5. The maximum Gasteiger partial charge on any atom is 0.415 e. The highest BCUT2D eigenvalue weighted by Gasteiger charge is 2.27. The Labute approximate surface area is 159 Å². The van der Waals surface area contributed by atoms with Gasteiger partial charge in [-0.2, -0.15) is 0 Å². The topological polar surface area (TPSA) is 61.9 Å². The minimum absolute atomic E-state index is 0.512. The van der Waals surface area contributed by atoms with Crippen LogP contribution >= 0.6 is 0 Å². The van der Waals surface area contributed by atoms with Gasteiger partial charge < -0.3 is 9.64 Å². The van der Waals surface area contributed by atoms with Gasteiger partial charge in [-0.1, -0.05) is 30.3 Å². The average Bonchev–Trinajstić information content (AvgIpc) is 2.82. The van der Waals surface area contributed by atoms with Crippen LogP contribution in [0.2, 0.25) is 0 Å². The maximum absolute atomic E-state index is 12.9. The molecule has 0 saturated carbocycles. The Morgan fingerprint density at radius 2 is 1.78 bits per heavy atom. The first-order chi connectivity index (χ1) is 13.0. The smallest absolute Gasteiger partial charge is 0.415 e. The summed E-state index contributed by atoms with van der Waals surface area (Å²) in [7, 11) is 5.32. The van der Waals surface area contributed by atoms with Crippen LogP contribution in [-0.4, -0.2) is 44.8 Å². The third kappa shape index (κ3) is 4.28. The highest BCUT2D eigenvalue weighted by atomic mass is 16.5. The lowest BCUT2D eigenvalue weighted by Gasteiger charge is -2.25. The molecule has 0 aromatic heterocycles. The zero-order chi connectivity index (χ0) is 19.4. The molecule has 1 aliphatic heterocycles. The fraction of sp³-hybridized carbons (Fsp3) is 0.333. The van der Waals surface area contributed by atoms with E-state index in [1.807, 2.05) is 38.4 Å². The molecule has 27 heavy (non-hydrogen) atoms. The maximum atomic E-state index is 12.9. The summed E-state index contributed by atoms with van der Waals surface area (Å²) in [5, 5.41) is 2.30. The number of nitrogens with zero attached hydrogens (tertiary/aromatic N) is 2. The summed E-state index contributed by atoms with van der Waals surface area (Å²) < 4.78 is 4.60. The highest BCUT2D eigenvalue weighted by molar-refractivity contribution is 6.06. The van der Waals surface area contributed by atoms with Crippen LogP contribution in [0.25, 0.3) is 0 Å². The zero-order valence-electron chi connectivity index (χ0n) is 16.0. The van der Waals surface area contributed by atoms with Crippen molar-refractivity contribution in [1.82, 2.24) is 10.2 Å². The molecule has 0 radical (unpaired) electrons. The van der Waals surface area contributed by atoms with Crippen molar-refractivity contribution in [2.75, 3.05) is 32.6 Å². The van der Waals surface area contributed by atoms with Crippen LogP contribution in [0.4, 0.5) is 21.0 Å². The molecule has 0 fully saturated rings. The summed E-state index contributed by atoms with van der Waals surface area (Å²) in [4.78, 5) is 28.3. The van der Waals surface area contributed by atoms with Gasteiger partial charge >= 0.3 is 12.1 Å². The number of hydrogen-bond donors (Lipinski definition) is 1. The number of fused-ring (bicyclic) bond motifs is 2. The number of hydrogen-bond acceptors (Lipinski definition) is 4. The summed E-state index contributed by atoms with van der Waals surface area (Å²) >= 11 is 0. The first kappa shape index (κ1) is 18.9. The van der Waals surface area contributed by atoms with Gasteiger partial charge in [0.05, 0.1) is 18.5 Å². The van der Waals surface area contributed by atoms with E-state index >= 15 is 0 Å². The number of carbonyl (C=O) groups is 2. The fourth-order valence-electron chi connectivity index (χ4n) is 3.29. The summed E-state index contributed by atoms with van der Waals surface area (Å²) in [6.45, 7) is 0.920. The average molecular weight is 367 g/mol. The zero-order valence-corrected chi connectivity index (χ0v) is 16.0. The van der Waals surface area contributed by atoms with E-state index in [0.717, 1.165) is 53.9 Å². The summed E-state index contributed by atoms with van der Waals surface area (Å²) in [5.41, 5.74) is 4.92. The van der Waals surface area contributed by atoms with E-state index in [4.69, 9.17) is 0 Å². The van der Waals surface area contributed by atoms with Gasteiger partial charge in [-0.3, -0.25) is 4.90 Å². The third-order valence-corrected chi connectivity index (χ3v) is 4.73. The van der Waals surface area contributed by atoms with Crippen LogP contribution < -0.4 is 10.2 Å². The molecule has 1 N–H and O–H groups in total. The highest BCUT2D eigenvalue weighted by Crippen LogP contribution is 2.36. The number of benzene rings is 2. The number of urea groups is 1. The van der Waals surface area contributed by atoms with Gasteiger partial charge in [0.1, 0.15) is 0 Å². The van der Waals surface area contributed by atoms with Crippen molar-refractivity contribution in [2.45, 2.75) is 19.3 Å². The Morgan fingerprint density at radius 3 is 2.48 bits per heavy atom. The van der Waals surface area contributed by atoms with Crippen LogP contribution in [0.1, 0.15) is 16.7 Å². The van der Waals surface area contributed by atoms with Crippen molar-refractivity contribution in [3.63, 3.8) is 0 Å². The number of nitrogens with one attached hydrogen (secondary N) is 1. The second-order valence-corrected chi connectivity index (χ2v) is 6.90. The van der Waals surface area contributed by atoms with Crippen molar-refractivity contribution in [3.05, 3.63) is 59.2 Å². The van der Waals surface area contributed by atoms with E-state index in [1.165, 1.54) is 7.11 Å². The Morgan fingerprint density at radius 1 is 1.07 bits per heavy atom. The lowest BCUT2D eigenvalue weighted by Crippen LogP contribution is -2.40. The second-order valence-electron chi connectivity index (χ2n) is 6.90. The van der Waals surface area contributed by atoms with Gasteiger partial charge in [-0.25, -0.2) is 14.9 Å². The number of carbonyl (C=O) groups excluding carboxylic acids is 2. The van der Waals surface area contributed by atoms with Gasteiger partial charge in [-0.05, 0) is 62.2 Å². The van der Waals surface area contributed by atoms with Gasteiger partial charge in [0.15, 0.2) is 0 Å². The largest absolute Gasteiger partial charge is 0.453 e. The minimum atomic E-state index is -0.771. The first-order valence-electron chi connectivity index (χ1n) is 9.03. The van der Waals surface area contributed by atoms with Crippen molar-refractivity contribution < 1.29 is 14.3 Å². The number of aryl methyl sites for hydroxylation is 2. The quantitative estimate of drug-likeness (QED) is 0.902. The molecule has 6 nitrogen and oxygen atoms in total. The van der Waals surface area contributed by atoms with Crippen molar-refractivity contribution in [2.24, 2.45) is 0 Å². The molecule has 1 heterocycles. The number of alkyl carbamates (subject to hydrolysis) is 1. The number of para-hydroxylation sites is 1. The molecule has 1 aliphatic rings. The predicted octanol–water partition coefficient (Wildman–Crippen LogP) is 3.50. The monoisotopic (exact) mass is 367 g/mol. The standard InChI is InChI=1S/C21H25N3O3/c1-23(2)13-12-15-8-9-17-11-10-16-6-4-5-7-18(16)24(19(17)14-15)20(25)22-21(26)27-3/h4-9,14H,10-13H2,1-3H3,(H,22,25,26). The molecule has 2 aromatic rings. The molecule has 3 rings (SSSR count). The van der Waals surface area contributed by atoms with Crippen LogP contribution in [0.5, 0.6) is 0 Å². The molecule has 0 spiro atoms.